The maximum Gasteiger partial charge on any atom is 0.350 e. The van der Waals surface area contributed by atoms with Gasteiger partial charge in [-0.3, -0.25) is 0 Å². The van der Waals surface area contributed by atoms with Crippen LogP contribution < -0.4 is 0 Å². The molecule has 0 saturated heterocycles. The number of carbonyl (C=O) groups excluding carboxylic acids is 1. The molecule has 1 heterocycles. The van der Waals surface area contributed by atoms with E-state index in [1.165, 1.54) is 0 Å². The van der Waals surface area contributed by atoms with E-state index in [1.807, 2.05) is 20.8 Å². The van der Waals surface area contributed by atoms with Gasteiger partial charge >= 0.3 is 5.97 Å². The fourth-order valence-corrected chi connectivity index (χ4v) is 2.51. The number of aromatic nitrogens is 1. The van der Waals surface area contributed by atoms with Gasteiger partial charge in [0.05, 0.1) is 5.69 Å². The zero-order chi connectivity index (χ0) is 11.6. The summed E-state index contributed by atoms with van der Waals surface area (Å²) >= 11 is 10.1. The minimum atomic E-state index is -0.503. The van der Waals surface area contributed by atoms with Crippen molar-refractivity contribution in [1.82, 2.24) is 4.98 Å². The van der Waals surface area contributed by atoms with Crippen molar-refractivity contribution >= 4 is 44.8 Å². The van der Waals surface area contributed by atoms with Gasteiger partial charge in [0.25, 0.3) is 0 Å². The number of hydrogen-bond acceptors (Lipinski definition) is 4. The third kappa shape index (κ3) is 3.74. The van der Waals surface area contributed by atoms with Crippen molar-refractivity contribution in [2.45, 2.75) is 31.7 Å². The third-order valence-electron chi connectivity index (χ3n) is 1.38. The van der Waals surface area contributed by atoms with E-state index in [9.17, 15) is 4.79 Å². The minimum absolute atomic E-state index is 0.352. The summed E-state index contributed by atoms with van der Waals surface area (Å²) in [5.74, 6) is -0.374. The molecular weight excluding hydrogens is 302 g/mol. The molecule has 0 aromatic carbocycles. The van der Waals surface area contributed by atoms with Gasteiger partial charge in [0, 0.05) is 5.33 Å². The molecule has 1 rings (SSSR count). The predicted octanol–water partition coefficient (Wildman–Crippen LogP) is 3.65. The van der Waals surface area contributed by atoms with Gasteiger partial charge in [0.2, 0.25) is 0 Å². The van der Waals surface area contributed by atoms with Crippen LogP contribution in [0.3, 0.4) is 0 Å². The van der Waals surface area contributed by atoms with E-state index in [-0.39, 0.29) is 5.97 Å². The Bertz CT molecular complexity index is 373. The molecule has 84 valence electrons. The highest BCUT2D eigenvalue weighted by molar-refractivity contribution is 9.08. The standard InChI is InChI=1S/C9H11BrClNO2S/c1-9(2,3)14-7(13)6-5(4-10)12-8(11)15-6/h4H2,1-3H3. The van der Waals surface area contributed by atoms with Crippen molar-refractivity contribution in [1.29, 1.82) is 0 Å². The van der Waals surface area contributed by atoms with Crippen LogP contribution in [0.2, 0.25) is 4.47 Å². The Balaban J connectivity index is 2.91. The van der Waals surface area contributed by atoms with Crippen LogP contribution in [-0.4, -0.2) is 16.6 Å². The zero-order valence-corrected chi connectivity index (χ0v) is 11.8. The number of alkyl halides is 1. The number of halogens is 2. The van der Waals surface area contributed by atoms with Gasteiger partial charge in [-0.2, -0.15) is 0 Å². The molecule has 0 fully saturated rings. The Morgan fingerprint density at radius 1 is 1.60 bits per heavy atom. The van der Waals surface area contributed by atoms with E-state index in [2.05, 4.69) is 20.9 Å². The molecule has 1 aromatic rings. The summed E-state index contributed by atoms with van der Waals surface area (Å²) in [6, 6.07) is 0. The number of rotatable bonds is 2. The summed E-state index contributed by atoms with van der Waals surface area (Å²) in [7, 11) is 0. The Morgan fingerprint density at radius 3 is 2.67 bits per heavy atom. The molecule has 6 heteroatoms. The molecule has 0 unspecified atom stereocenters. The molecule has 0 aliphatic carbocycles. The van der Waals surface area contributed by atoms with Gasteiger partial charge in [-0.25, -0.2) is 9.78 Å². The van der Waals surface area contributed by atoms with Gasteiger partial charge in [0.15, 0.2) is 4.47 Å². The highest BCUT2D eigenvalue weighted by atomic mass is 79.9. The van der Waals surface area contributed by atoms with E-state index in [1.54, 1.807) is 0 Å². The van der Waals surface area contributed by atoms with Crippen LogP contribution in [0, 0.1) is 0 Å². The molecule has 0 radical (unpaired) electrons. The molecule has 0 saturated carbocycles. The van der Waals surface area contributed by atoms with Crippen molar-refractivity contribution in [3.63, 3.8) is 0 Å². The average molecular weight is 313 g/mol. The molecular formula is C9H11BrClNO2S. The Morgan fingerprint density at radius 2 is 2.20 bits per heavy atom. The Kier molecular flexibility index (Phi) is 4.14. The van der Waals surface area contributed by atoms with Crippen LogP contribution >= 0.6 is 38.9 Å². The van der Waals surface area contributed by atoms with Crippen molar-refractivity contribution < 1.29 is 9.53 Å². The number of thiazole rings is 1. The molecule has 0 aliphatic rings. The number of carbonyl (C=O) groups is 1. The number of esters is 1. The van der Waals surface area contributed by atoms with E-state index in [0.717, 1.165) is 11.3 Å². The van der Waals surface area contributed by atoms with Crippen molar-refractivity contribution in [3.05, 3.63) is 15.0 Å². The molecule has 0 bridgehead atoms. The molecule has 0 atom stereocenters. The van der Waals surface area contributed by atoms with Crippen molar-refractivity contribution in [3.8, 4) is 0 Å². The maximum atomic E-state index is 11.7. The van der Waals surface area contributed by atoms with Crippen LogP contribution in [0.25, 0.3) is 0 Å². The lowest BCUT2D eigenvalue weighted by Gasteiger charge is -2.18. The lowest BCUT2D eigenvalue weighted by Crippen LogP contribution is -2.23. The highest BCUT2D eigenvalue weighted by Gasteiger charge is 2.23. The van der Waals surface area contributed by atoms with Crippen LogP contribution in [0.5, 0.6) is 0 Å². The minimum Gasteiger partial charge on any atom is -0.456 e. The molecule has 0 amide bonds. The smallest absolute Gasteiger partial charge is 0.350 e. The fraction of sp³-hybridized carbons (Fsp3) is 0.556. The van der Waals surface area contributed by atoms with Crippen LogP contribution in [0.1, 0.15) is 36.1 Å². The summed E-state index contributed by atoms with van der Waals surface area (Å²) in [5, 5.41) is 0.491. The number of ether oxygens (including phenoxy) is 1. The third-order valence-corrected chi connectivity index (χ3v) is 3.10. The van der Waals surface area contributed by atoms with Gasteiger partial charge in [-0.1, -0.05) is 38.9 Å². The quantitative estimate of drug-likeness (QED) is 0.618. The largest absolute Gasteiger partial charge is 0.456 e. The average Bonchev–Trinajstić information content (AvgIpc) is 2.43. The first-order valence-corrected chi connectivity index (χ1v) is 6.59. The van der Waals surface area contributed by atoms with Gasteiger partial charge in [-0.15, -0.1) is 0 Å². The molecule has 3 nitrogen and oxygen atoms in total. The van der Waals surface area contributed by atoms with Crippen molar-refractivity contribution in [2.24, 2.45) is 0 Å². The second kappa shape index (κ2) is 4.80. The fourth-order valence-electron chi connectivity index (χ4n) is 0.897. The normalized spacial score (nSPS) is 11.5. The summed E-state index contributed by atoms with van der Waals surface area (Å²) in [5.41, 5.74) is 0.121. The Labute approximate surface area is 106 Å². The Hall–Kier alpha value is -0.130. The first-order chi connectivity index (χ1) is 6.83. The first-order valence-electron chi connectivity index (χ1n) is 4.28. The van der Waals surface area contributed by atoms with E-state index < -0.39 is 5.60 Å². The summed E-state index contributed by atoms with van der Waals surface area (Å²) in [6.07, 6.45) is 0. The zero-order valence-electron chi connectivity index (χ0n) is 8.63. The van der Waals surface area contributed by atoms with E-state index >= 15 is 0 Å². The van der Waals surface area contributed by atoms with Gasteiger partial charge < -0.3 is 4.74 Å². The van der Waals surface area contributed by atoms with Gasteiger partial charge in [-0.05, 0) is 20.8 Å². The summed E-state index contributed by atoms with van der Waals surface area (Å²) in [4.78, 5) is 16.2. The lowest BCUT2D eigenvalue weighted by molar-refractivity contribution is 0.00742. The van der Waals surface area contributed by atoms with Crippen LogP contribution in [0.4, 0.5) is 0 Å². The molecule has 15 heavy (non-hydrogen) atoms. The SMILES string of the molecule is CC(C)(C)OC(=O)c1sc(Cl)nc1CBr. The monoisotopic (exact) mass is 311 g/mol. The second-order valence-corrected chi connectivity index (χ2v) is 6.02. The highest BCUT2D eigenvalue weighted by Crippen LogP contribution is 2.26. The van der Waals surface area contributed by atoms with Gasteiger partial charge in [0.1, 0.15) is 10.5 Å². The molecule has 0 N–H and O–H groups in total. The topological polar surface area (TPSA) is 39.2 Å². The summed E-state index contributed by atoms with van der Waals surface area (Å²) < 4.78 is 5.58. The number of hydrogen-bond donors (Lipinski definition) is 0. The van der Waals surface area contributed by atoms with Crippen molar-refractivity contribution in [2.75, 3.05) is 0 Å². The molecule has 1 aromatic heterocycles. The first kappa shape index (κ1) is 12.9. The molecule has 0 spiro atoms. The predicted molar refractivity (Wildman–Crippen MR) is 64.9 cm³/mol. The van der Waals surface area contributed by atoms with Crippen LogP contribution in [0.15, 0.2) is 0 Å². The summed E-state index contributed by atoms with van der Waals surface area (Å²) in [6.45, 7) is 5.46. The van der Waals surface area contributed by atoms with Crippen LogP contribution in [-0.2, 0) is 10.1 Å². The molecule has 0 aliphatic heterocycles. The lowest BCUT2D eigenvalue weighted by atomic mass is 10.2. The second-order valence-electron chi connectivity index (χ2n) is 3.88. The maximum absolute atomic E-state index is 11.7. The van der Waals surface area contributed by atoms with E-state index in [4.69, 9.17) is 16.3 Å². The van der Waals surface area contributed by atoms with E-state index in [0.29, 0.717) is 20.4 Å². The number of nitrogens with zero attached hydrogens (tertiary/aromatic N) is 1.